The molecule has 1 aromatic carbocycles. The summed E-state index contributed by atoms with van der Waals surface area (Å²) >= 11 is 0. The molecule has 8 nitrogen and oxygen atoms in total. The van der Waals surface area contributed by atoms with Crippen molar-refractivity contribution >= 4 is 28.5 Å². The zero-order valence-corrected chi connectivity index (χ0v) is 17.2. The van der Waals surface area contributed by atoms with Crippen LogP contribution in [0.25, 0.3) is 10.9 Å². The van der Waals surface area contributed by atoms with Crippen molar-refractivity contribution in [3.8, 4) is 0 Å². The van der Waals surface area contributed by atoms with Crippen LogP contribution in [0.3, 0.4) is 0 Å². The summed E-state index contributed by atoms with van der Waals surface area (Å²) in [6.45, 7) is 5.76. The molecule has 0 amide bonds. The second-order valence-electron chi connectivity index (χ2n) is 8.39. The van der Waals surface area contributed by atoms with Gasteiger partial charge < -0.3 is 17.2 Å². The lowest BCUT2D eigenvalue weighted by atomic mass is 9.72. The average Bonchev–Trinajstić information content (AvgIpc) is 2.62. The van der Waals surface area contributed by atoms with Gasteiger partial charge in [-0.3, -0.25) is 9.97 Å². The Labute approximate surface area is 173 Å². The molecule has 1 aliphatic carbocycles. The van der Waals surface area contributed by atoms with Gasteiger partial charge in [0.2, 0.25) is 5.95 Å². The molecule has 2 aromatic heterocycles. The third-order valence-electron chi connectivity index (χ3n) is 5.50. The van der Waals surface area contributed by atoms with Crippen LogP contribution in [0.2, 0.25) is 0 Å². The molecule has 6 N–H and O–H groups in total. The van der Waals surface area contributed by atoms with E-state index < -0.39 is 11.4 Å². The molecule has 0 unspecified atom stereocenters. The van der Waals surface area contributed by atoms with Crippen molar-refractivity contribution in [1.82, 2.24) is 19.9 Å². The topological polar surface area (TPSA) is 142 Å². The number of halogens is 1. The monoisotopic (exact) mass is 408 g/mol. The van der Waals surface area contributed by atoms with Crippen LogP contribution in [0, 0.1) is 18.7 Å². The number of hydrogen-bond donors (Lipinski definition) is 3. The Hall–Kier alpha value is -3.20. The van der Waals surface area contributed by atoms with Crippen LogP contribution in [-0.2, 0) is 5.54 Å². The number of hydrogen-bond acceptors (Lipinski definition) is 7. The van der Waals surface area contributed by atoms with Gasteiger partial charge in [-0.25, -0.2) is 14.4 Å². The van der Waals surface area contributed by atoms with E-state index in [4.69, 9.17) is 17.2 Å². The molecule has 0 spiro atoms. The van der Waals surface area contributed by atoms with Crippen LogP contribution in [0.4, 0.5) is 16.2 Å². The van der Waals surface area contributed by atoms with Crippen molar-refractivity contribution < 1.29 is 4.39 Å². The van der Waals surface area contributed by atoms with Crippen molar-refractivity contribution in [2.24, 2.45) is 22.4 Å². The summed E-state index contributed by atoms with van der Waals surface area (Å²) in [5.74, 6) is 0.555. The highest BCUT2D eigenvalue weighted by atomic mass is 19.1. The molecule has 9 heteroatoms. The van der Waals surface area contributed by atoms with Crippen LogP contribution in [0.1, 0.15) is 49.7 Å². The third-order valence-corrected chi connectivity index (χ3v) is 5.50. The van der Waals surface area contributed by atoms with E-state index in [0.29, 0.717) is 11.2 Å². The zero-order valence-electron chi connectivity index (χ0n) is 17.2. The summed E-state index contributed by atoms with van der Waals surface area (Å²) in [6.07, 6.45) is 3.36. The molecule has 30 heavy (non-hydrogen) atoms. The van der Waals surface area contributed by atoms with Crippen LogP contribution in [0.15, 0.2) is 29.4 Å². The van der Waals surface area contributed by atoms with E-state index in [0.717, 1.165) is 29.9 Å². The fraction of sp³-hybridized carbons (Fsp3) is 0.381. The van der Waals surface area contributed by atoms with E-state index >= 15 is 0 Å². The standard InChI is InChI=1S/C21H25FN8/c1-10-16(26-9-15(27-10)21(2,3)25)11-7-12(8-11)18(23)29-19-13-5-4-6-14(22)17(13)28-20(24)30-19/h4-6,9,11-12H,7-8,25H2,1-3H3,(H4,23,24,28,29,30). The van der Waals surface area contributed by atoms with E-state index in [2.05, 4.69) is 24.9 Å². The van der Waals surface area contributed by atoms with Gasteiger partial charge in [-0.15, -0.1) is 0 Å². The maximum absolute atomic E-state index is 14.1. The minimum absolute atomic E-state index is 0.0422. The quantitative estimate of drug-likeness (QED) is 0.445. The van der Waals surface area contributed by atoms with Gasteiger partial charge in [0.1, 0.15) is 17.2 Å². The first-order chi connectivity index (χ1) is 14.1. The number of aryl methyl sites for hydroxylation is 1. The van der Waals surface area contributed by atoms with Crippen molar-refractivity contribution in [2.45, 2.75) is 45.1 Å². The number of aromatic nitrogens is 4. The lowest BCUT2D eigenvalue weighted by Gasteiger charge is -2.35. The molecule has 0 radical (unpaired) electrons. The molecule has 0 atom stereocenters. The average molecular weight is 408 g/mol. The molecule has 4 rings (SSSR count). The highest BCUT2D eigenvalue weighted by Crippen LogP contribution is 2.42. The van der Waals surface area contributed by atoms with E-state index in [9.17, 15) is 4.39 Å². The van der Waals surface area contributed by atoms with Gasteiger partial charge >= 0.3 is 0 Å². The molecule has 3 aromatic rings. The van der Waals surface area contributed by atoms with Gasteiger partial charge in [0.05, 0.1) is 28.8 Å². The molecule has 0 saturated heterocycles. The minimum Gasteiger partial charge on any atom is -0.387 e. The normalized spacial score (nSPS) is 19.7. The van der Waals surface area contributed by atoms with Crippen LogP contribution >= 0.6 is 0 Å². The van der Waals surface area contributed by atoms with E-state index in [-0.39, 0.29) is 29.1 Å². The predicted molar refractivity (Wildman–Crippen MR) is 115 cm³/mol. The molecule has 1 fully saturated rings. The van der Waals surface area contributed by atoms with Gasteiger partial charge in [-0.1, -0.05) is 6.07 Å². The lowest BCUT2D eigenvalue weighted by molar-refractivity contribution is 0.333. The number of aliphatic imine (C=N–C) groups is 1. The van der Waals surface area contributed by atoms with Gasteiger partial charge in [0, 0.05) is 17.2 Å². The second-order valence-corrected chi connectivity index (χ2v) is 8.39. The smallest absolute Gasteiger partial charge is 0.222 e. The van der Waals surface area contributed by atoms with Gasteiger partial charge in [-0.2, -0.15) is 4.98 Å². The summed E-state index contributed by atoms with van der Waals surface area (Å²) in [5, 5.41) is 0.477. The molecule has 156 valence electrons. The number of nitrogens with two attached hydrogens (primary N) is 3. The van der Waals surface area contributed by atoms with Crippen molar-refractivity contribution in [3.05, 3.63) is 47.3 Å². The first-order valence-electron chi connectivity index (χ1n) is 9.82. The minimum atomic E-state index is -0.531. The fourth-order valence-corrected chi connectivity index (χ4v) is 3.70. The Kier molecular flexibility index (Phi) is 4.85. The molecule has 2 heterocycles. The predicted octanol–water partition coefficient (Wildman–Crippen LogP) is 2.83. The number of nitrogens with zero attached hydrogens (tertiary/aromatic N) is 5. The summed E-state index contributed by atoms with van der Waals surface area (Å²) in [6, 6.07) is 4.61. The fourth-order valence-electron chi connectivity index (χ4n) is 3.70. The zero-order chi connectivity index (χ0) is 21.6. The highest BCUT2D eigenvalue weighted by molar-refractivity contribution is 5.94. The second kappa shape index (κ2) is 7.24. The number of para-hydroxylation sites is 1. The van der Waals surface area contributed by atoms with Gasteiger partial charge in [-0.05, 0) is 45.7 Å². The Morgan fingerprint density at radius 2 is 1.93 bits per heavy atom. The largest absolute Gasteiger partial charge is 0.387 e. The molecule has 1 aliphatic rings. The van der Waals surface area contributed by atoms with Crippen molar-refractivity contribution in [3.63, 3.8) is 0 Å². The molecule has 0 bridgehead atoms. The number of fused-ring (bicyclic) bond motifs is 1. The number of anilines is 1. The number of benzene rings is 1. The lowest BCUT2D eigenvalue weighted by Crippen LogP contribution is -2.35. The number of nitrogen functional groups attached to an aromatic ring is 1. The molecular weight excluding hydrogens is 383 g/mol. The first-order valence-corrected chi connectivity index (χ1v) is 9.82. The number of rotatable bonds is 4. The van der Waals surface area contributed by atoms with E-state index in [1.54, 1.807) is 18.3 Å². The number of amidine groups is 1. The molecule has 1 saturated carbocycles. The summed E-state index contributed by atoms with van der Waals surface area (Å²) in [4.78, 5) is 21.8. The molecular formula is C21H25FN8. The van der Waals surface area contributed by atoms with Crippen LogP contribution in [0.5, 0.6) is 0 Å². The third kappa shape index (κ3) is 3.68. The van der Waals surface area contributed by atoms with E-state index in [1.807, 2.05) is 20.8 Å². The van der Waals surface area contributed by atoms with E-state index in [1.165, 1.54) is 6.07 Å². The SMILES string of the molecule is Cc1nc(C(C)(C)N)cnc1C1CC(C(N)=Nc2nc(N)nc3c(F)cccc23)C1. The Balaban J connectivity index is 1.54. The maximum Gasteiger partial charge on any atom is 0.222 e. The Morgan fingerprint density at radius 3 is 2.60 bits per heavy atom. The van der Waals surface area contributed by atoms with Crippen molar-refractivity contribution in [1.29, 1.82) is 0 Å². The Bertz CT molecular complexity index is 1150. The summed E-state index contributed by atoms with van der Waals surface area (Å²) < 4.78 is 14.1. The Morgan fingerprint density at radius 1 is 1.20 bits per heavy atom. The first kappa shape index (κ1) is 20.1. The van der Waals surface area contributed by atoms with Crippen LogP contribution in [-0.4, -0.2) is 25.8 Å². The maximum atomic E-state index is 14.1. The van der Waals surface area contributed by atoms with Gasteiger partial charge in [0.25, 0.3) is 0 Å². The summed E-state index contributed by atoms with van der Waals surface area (Å²) in [7, 11) is 0. The molecule has 0 aliphatic heterocycles. The summed E-state index contributed by atoms with van der Waals surface area (Å²) in [5.41, 5.74) is 20.3. The highest BCUT2D eigenvalue weighted by Gasteiger charge is 2.35. The van der Waals surface area contributed by atoms with Crippen molar-refractivity contribution in [2.75, 3.05) is 5.73 Å². The van der Waals surface area contributed by atoms with Crippen LogP contribution < -0.4 is 17.2 Å². The van der Waals surface area contributed by atoms with Gasteiger partial charge in [0.15, 0.2) is 5.82 Å².